The van der Waals surface area contributed by atoms with Crippen LogP contribution in [0.2, 0.25) is 0 Å². The number of hydrogen-bond donors (Lipinski definition) is 0. The minimum atomic E-state index is -3.82. The lowest BCUT2D eigenvalue weighted by Crippen LogP contribution is -2.20. The molecule has 0 radical (unpaired) electrons. The first kappa shape index (κ1) is 21.1. The highest BCUT2D eigenvalue weighted by Crippen LogP contribution is 2.27. The second-order valence-corrected chi connectivity index (χ2v) is 8.15. The smallest absolute Gasteiger partial charge is 0.317 e. The molecule has 1 heterocycles. The van der Waals surface area contributed by atoms with Crippen molar-refractivity contribution < 1.29 is 26.7 Å². The summed E-state index contributed by atoms with van der Waals surface area (Å²) in [7, 11) is -3.82. The maximum atomic E-state index is 12.2. The van der Waals surface area contributed by atoms with E-state index in [1.807, 2.05) is 20.8 Å². The van der Waals surface area contributed by atoms with Crippen LogP contribution in [0, 0.1) is 12.8 Å². The number of aryl methyl sites for hydroxylation is 1. The molecule has 148 valence electrons. The summed E-state index contributed by atoms with van der Waals surface area (Å²) in [6, 6.07) is 8.07. The molecule has 0 aliphatic carbocycles. The Morgan fingerprint density at radius 1 is 1.22 bits per heavy atom. The Kier molecular flexibility index (Phi) is 7.15. The van der Waals surface area contributed by atoms with Gasteiger partial charge in [0.1, 0.15) is 5.92 Å². The van der Waals surface area contributed by atoms with Crippen molar-refractivity contribution in [3.05, 3.63) is 47.3 Å². The lowest BCUT2D eigenvalue weighted by atomic mass is 9.93. The number of rotatable bonds is 9. The Morgan fingerprint density at radius 2 is 1.89 bits per heavy atom. The number of nitrogens with zero attached hydrogens (tertiary/aromatic N) is 1. The van der Waals surface area contributed by atoms with Crippen molar-refractivity contribution in [1.29, 1.82) is 0 Å². The number of carbonyl (C=O) groups is 1. The number of carbonyl (C=O) groups excluding carboxylic acids is 1. The Bertz CT molecular complexity index is 855. The molecule has 1 atom stereocenters. The van der Waals surface area contributed by atoms with Crippen LogP contribution in [0.25, 0.3) is 0 Å². The van der Waals surface area contributed by atoms with Crippen molar-refractivity contribution in [2.24, 2.45) is 5.92 Å². The molecule has 8 heteroatoms. The van der Waals surface area contributed by atoms with Crippen molar-refractivity contribution in [3.8, 4) is 0 Å². The molecule has 0 saturated heterocycles. The van der Waals surface area contributed by atoms with Gasteiger partial charge in [-0.05, 0) is 31.9 Å². The zero-order valence-corrected chi connectivity index (χ0v) is 16.8. The summed E-state index contributed by atoms with van der Waals surface area (Å²) in [5.74, 6) is -0.542. The zero-order valence-electron chi connectivity index (χ0n) is 16.0. The van der Waals surface area contributed by atoms with Gasteiger partial charge >= 0.3 is 5.97 Å². The molecule has 7 nitrogen and oxygen atoms in total. The van der Waals surface area contributed by atoms with Crippen molar-refractivity contribution in [1.82, 2.24) is 5.16 Å². The van der Waals surface area contributed by atoms with Gasteiger partial charge in [0.15, 0.2) is 5.76 Å². The average Bonchev–Trinajstić information content (AvgIpc) is 3.03. The molecule has 0 amide bonds. The van der Waals surface area contributed by atoms with Gasteiger partial charge in [0.2, 0.25) is 0 Å². The summed E-state index contributed by atoms with van der Waals surface area (Å²) in [4.78, 5) is 12.2. The van der Waals surface area contributed by atoms with Crippen molar-refractivity contribution in [2.45, 2.75) is 44.9 Å². The number of esters is 1. The van der Waals surface area contributed by atoms with Crippen LogP contribution in [0.15, 0.2) is 39.8 Å². The molecular weight excluding hydrogens is 370 g/mol. The third-order valence-electron chi connectivity index (χ3n) is 4.00. The number of benzene rings is 1. The van der Waals surface area contributed by atoms with Gasteiger partial charge in [-0.1, -0.05) is 36.7 Å². The van der Waals surface area contributed by atoms with Gasteiger partial charge in [0.05, 0.1) is 23.8 Å². The fraction of sp³-hybridized carbons (Fsp3) is 0.474. The molecule has 0 N–H and O–H groups in total. The summed E-state index contributed by atoms with van der Waals surface area (Å²) >= 11 is 0. The van der Waals surface area contributed by atoms with Crippen molar-refractivity contribution in [2.75, 3.05) is 13.2 Å². The summed E-state index contributed by atoms with van der Waals surface area (Å²) < 4.78 is 39.8. The highest BCUT2D eigenvalue weighted by molar-refractivity contribution is 7.86. The van der Waals surface area contributed by atoms with Crippen LogP contribution in [0.4, 0.5) is 0 Å². The third kappa shape index (κ3) is 5.64. The van der Waals surface area contributed by atoms with Gasteiger partial charge in [0, 0.05) is 12.5 Å². The first-order valence-electron chi connectivity index (χ1n) is 8.82. The molecule has 0 aliphatic rings. The van der Waals surface area contributed by atoms with E-state index in [0.717, 1.165) is 5.56 Å². The van der Waals surface area contributed by atoms with Crippen LogP contribution in [-0.2, 0) is 30.3 Å². The molecule has 2 aromatic rings. The van der Waals surface area contributed by atoms with E-state index in [1.54, 1.807) is 25.1 Å². The van der Waals surface area contributed by atoms with E-state index in [4.69, 9.17) is 13.4 Å². The maximum absolute atomic E-state index is 12.2. The summed E-state index contributed by atoms with van der Waals surface area (Å²) in [5, 5.41) is 3.91. The lowest BCUT2D eigenvalue weighted by molar-refractivity contribution is -0.146. The van der Waals surface area contributed by atoms with Gasteiger partial charge in [-0.3, -0.25) is 8.98 Å². The SMILES string of the molecule is CCOC(=O)C(c1cc(CCOS(=O)(=O)c2ccc(C)cc2)no1)C(C)C. The summed E-state index contributed by atoms with van der Waals surface area (Å²) in [6.45, 7) is 7.61. The first-order valence-corrected chi connectivity index (χ1v) is 10.2. The minimum Gasteiger partial charge on any atom is -0.465 e. The second-order valence-electron chi connectivity index (χ2n) is 6.53. The predicted octanol–water partition coefficient (Wildman–Crippen LogP) is 3.23. The molecule has 1 aromatic heterocycles. The van der Waals surface area contributed by atoms with Gasteiger partial charge in [-0.15, -0.1) is 0 Å². The molecule has 0 saturated carbocycles. The van der Waals surface area contributed by atoms with Crippen molar-refractivity contribution >= 4 is 16.1 Å². The van der Waals surface area contributed by atoms with Crippen LogP contribution >= 0.6 is 0 Å². The fourth-order valence-corrected chi connectivity index (χ4v) is 3.48. The molecule has 1 aromatic carbocycles. The van der Waals surface area contributed by atoms with Crippen molar-refractivity contribution in [3.63, 3.8) is 0 Å². The number of hydrogen-bond acceptors (Lipinski definition) is 7. The van der Waals surface area contributed by atoms with E-state index >= 15 is 0 Å². The Morgan fingerprint density at radius 3 is 2.48 bits per heavy atom. The molecule has 1 unspecified atom stereocenters. The highest BCUT2D eigenvalue weighted by atomic mass is 32.2. The standard InChI is InChI=1S/C19H25NO6S/c1-5-24-19(21)18(13(2)3)17-12-15(20-26-17)10-11-25-27(22,23)16-8-6-14(4)7-9-16/h6-9,12-13,18H,5,10-11H2,1-4H3. The average molecular weight is 395 g/mol. The molecule has 0 bridgehead atoms. The molecular formula is C19H25NO6S. The number of ether oxygens (including phenoxy) is 1. The molecule has 27 heavy (non-hydrogen) atoms. The first-order chi connectivity index (χ1) is 12.7. The van der Waals surface area contributed by atoms with Gasteiger partial charge in [-0.2, -0.15) is 8.42 Å². The van der Waals surface area contributed by atoms with E-state index in [9.17, 15) is 13.2 Å². The zero-order chi connectivity index (χ0) is 20.0. The van der Waals surface area contributed by atoms with Crippen LogP contribution in [0.3, 0.4) is 0 Å². The lowest BCUT2D eigenvalue weighted by Gasteiger charge is -2.15. The van der Waals surface area contributed by atoms with E-state index in [1.165, 1.54) is 12.1 Å². The van der Waals surface area contributed by atoms with Gasteiger partial charge < -0.3 is 9.26 Å². The Balaban J connectivity index is 1.99. The minimum absolute atomic E-state index is 0.0250. The molecule has 0 spiro atoms. The third-order valence-corrected chi connectivity index (χ3v) is 5.32. The van der Waals surface area contributed by atoms with E-state index in [0.29, 0.717) is 11.5 Å². The predicted molar refractivity (Wildman–Crippen MR) is 98.7 cm³/mol. The second kappa shape index (κ2) is 9.14. The largest absolute Gasteiger partial charge is 0.465 e. The molecule has 0 fully saturated rings. The maximum Gasteiger partial charge on any atom is 0.317 e. The Labute approximate surface area is 159 Å². The van der Waals surface area contributed by atoms with Crippen LogP contribution in [0.1, 0.15) is 43.7 Å². The summed E-state index contributed by atoms with van der Waals surface area (Å²) in [6.07, 6.45) is 0.238. The van der Waals surface area contributed by atoms with Crippen LogP contribution in [-0.4, -0.2) is 32.8 Å². The topological polar surface area (TPSA) is 95.7 Å². The normalized spacial score (nSPS) is 12.9. The van der Waals surface area contributed by atoms with E-state index in [-0.39, 0.29) is 36.4 Å². The monoisotopic (exact) mass is 395 g/mol. The van der Waals surface area contributed by atoms with E-state index < -0.39 is 16.0 Å². The molecule has 2 rings (SSSR count). The van der Waals surface area contributed by atoms with E-state index in [2.05, 4.69) is 5.16 Å². The Hall–Kier alpha value is -2.19. The quantitative estimate of drug-likeness (QED) is 0.475. The fourth-order valence-electron chi connectivity index (χ4n) is 2.57. The van der Waals surface area contributed by atoms with Gasteiger partial charge in [0.25, 0.3) is 10.1 Å². The molecule has 0 aliphatic heterocycles. The van der Waals surface area contributed by atoms with Crippen LogP contribution in [0.5, 0.6) is 0 Å². The number of aromatic nitrogens is 1. The van der Waals surface area contributed by atoms with Crippen LogP contribution < -0.4 is 0 Å². The summed E-state index contributed by atoms with van der Waals surface area (Å²) in [5.41, 5.74) is 1.48. The highest BCUT2D eigenvalue weighted by Gasteiger charge is 2.29. The van der Waals surface area contributed by atoms with Gasteiger partial charge in [-0.25, -0.2) is 0 Å².